The summed E-state index contributed by atoms with van der Waals surface area (Å²) in [6.45, 7) is 5.60. The van der Waals surface area contributed by atoms with Gasteiger partial charge >= 0.3 is 0 Å². The molecule has 0 fully saturated rings. The maximum absolute atomic E-state index is 12.1. The minimum atomic E-state index is -0.143. The van der Waals surface area contributed by atoms with Crippen LogP contribution in [-0.4, -0.2) is 16.7 Å². The fraction of sp³-hybridized carbons (Fsp3) is 0.353. The van der Waals surface area contributed by atoms with E-state index in [9.17, 15) is 9.59 Å². The van der Waals surface area contributed by atoms with Crippen LogP contribution in [0.25, 0.3) is 0 Å². The van der Waals surface area contributed by atoms with Gasteiger partial charge in [-0.15, -0.1) is 11.3 Å². The molecule has 0 spiro atoms. The fourth-order valence-corrected chi connectivity index (χ4v) is 2.99. The molecule has 1 amide bonds. The Morgan fingerprint density at radius 2 is 1.91 bits per heavy atom. The van der Waals surface area contributed by atoms with Gasteiger partial charge in [-0.25, -0.2) is 4.98 Å². The van der Waals surface area contributed by atoms with Gasteiger partial charge in [0.1, 0.15) is 5.01 Å². The lowest BCUT2D eigenvalue weighted by molar-refractivity contribution is -0.115. The van der Waals surface area contributed by atoms with E-state index in [4.69, 9.17) is 5.73 Å². The van der Waals surface area contributed by atoms with Gasteiger partial charge in [-0.05, 0) is 37.1 Å². The molecule has 3 N–H and O–H groups in total. The number of nitrogens with two attached hydrogens (primary N) is 1. The van der Waals surface area contributed by atoms with E-state index in [1.807, 2.05) is 19.2 Å². The second-order valence-corrected chi connectivity index (χ2v) is 6.70. The summed E-state index contributed by atoms with van der Waals surface area (Å²) in [5.74, 6) is 0.164. The Hall–Kier alpha value is -2.05. The van der Waals surface area contributed by atoms with Crippen LogP contribution in [0.1, 0.15) is 47.9 Å². The standard InChI is InChI=1S/C17H21N3O2S/c1-10(2)16(18)17-20-14(9-23-17)8-15(22)19-13-6-4-12(5-7-13)11(3)21/h4-7,9-10,16H,8,18H2,1-3H3,(H,19,22). The minimum Gasteiger partial charge on any atom is -0.326 e. The quantitative estimate of drug-likeness (QED) is 0.796. The van der Waals surface area contributed by atoms with Gasteiger partial charge in [-0.3, -0.25) is 9.59 Å². The molecule has 2 rings (SSSR count). The Morgan fingerprint density at radius 1 is 1.26 bits per heavy atom. The number of hydrogen-bond acceptors (Lipinski definition) is 5. The average Bonchev–Trinajstić information content (AvgIpc) is 2.95. The summed E-state index contributed by atoms with van der Waals surface area (Å²) >= 11 is 1.49. The summed E-state index contributed by atoms with van der Waals surface area (Å²) in [7, 11) is 0. The molecular formula is C17H21N3O2S. The van der Waals surface area contributed by atoms with Gasteiger partial charge in [0.15, 0.2) is 5.78 Å². The smallest absolute Gasteiger partial charge is 0.230 e. The number of hydrogen-bond donors (Lipinski definition) is 2. The van der Waals surface area contributed by atoms with E-state index < -0.39 is 0 Å². The number of carbonyl (C=O) groups is 2. The third-order valence-electron chi connectivity index (χ3n) is 3.49. The zero-order valence-electron chi connectivity index (χ0n) is 13.5. The highest BCUT2D eigenvalue weighted by atomic mass is 32.1. The molecule has 23 heavy (non-hydrogen) atoms. The molecule has 0 saturated heterocycles. The van der Waals surface area contributed by atoms with Gasteiger partial charge < -0.3 is 11.1 Å². The molecule has 1 heterocycles. The number of thiazole rings is 1. The van der Waals surface area contributed by atoms with Crippen molar-refractivity contribution in [3.63, 3.8) is 0 Å². The molecule has 1 unspecified atom stereocenters. The summed E-state index contributed by atoms with van der Waals surface area (Å²) in [4.78, 5) is 27.7. The summed E-state index contributed by atoms with van der Waals surface area (Å²) in [5, 5.41) is 5.53. The minimum absolute atomic E-state index is 0.000583. The van der Waals surface area contributed by atoms with Gasteiger partial charge in [0, 0.05) is 16.6 Å². The maximum atomic E-state index is 12.1. The zero-order chi connectivity index (χ0) is 17.0. The first kappa shape index (κ1) is 17.3. The third-order valence-corrected chi connectivity index (χ3v) is 4.48. The predicted octanol–water partition coefficient (Wildman–Crippen LogP) is 3.18. The lowest BCUT2D eigenvalue weighted by Crippen LogP contribution is -2.17. The van der Waals surface area contributed by atoms with E-state index in [1.165, 1.54) is 18.3 Å². The number of carbonyl (C=O) groups excluding carboxylic acids is 2. The summed E-state index contributed by atoms with van der Waals surface area (Å²) in [6, 6.07) is 6.73. The SMILES string of the molecule is CC(=O)c1ccc(NC(=O)Cc2csc(C(N)C(C)C)n2)cc1. The number of ketones is 1. The molecule has 5 nitrogen and oxygen atoms in total. The van der Waals surface area contributed by atoms with Gasteiger partial charge in [0.25, 0.3) is 0 Å². The molecule has 0 radical (unpaired) electrons. The van der Waals surface area contributed by atoms with Crippen molar-refractivity contribution in [3.8, 4) is 0 Å². The second-order valence-electron chi connectivity index (χ2n) is 5.81. The highest BCUT2D eigenvalue weighted by molar-refractivity contribution is 7.09. The molecule has 6 heteroatoms. The maximum Gasteiger partial charge on any atom is 0.230 e. The van der Waals surface area contributed by atoms with Crippen molar-refractivity contribution in [2.45, 2.75) is 33.2 Å². The molecule has 1 aromatic carbocycles. The van der Waals surface area contributed by atoms with Crippen LogP contribution in [0.3, 0.4) is 0 Å². The largest absolute Gasteiger partial charge is 0.326 e. The fourth-order valence-electron chi connectivity index (χ4n) is 2.00. The number of amides is 1. The van der Waals surface area contributed by atoms with Crippen molar-refractivity contribution in [1.29, 1.82) is 0 Å². The van der Waals surface area contributed by atoms with Gasteiger partial charge in [-0.1, -0.05) is 13.8 Å². The first-order valence-electron chi connectivity index (χ1n) is 7.47. The van der Waals surface area contributed by atoms with E-state index in [-0.39, 0.29) is 24.2 Å². The van der Waals surface area contributed by atoms with Crippen molar-refractivity contribution < 1.29 is 9.59 Å². The van der Waals surface area contributed by atoms with Crippen LogP contribution < -0.4 is 11.1 Å². The lowest BCUT2D eigenvalue weighted by Gasteiger charge is -2.11. The van der Waals surface area contributed by atoms with Crippen LogP contribution in [0, 0.1) is 5.92 Å². The Labute approximate surface area is 139 Å². The molecule has 122 valence electrons. The van der Waals surface area contributed by atoms with Crippen molar-refractivity contribution in [2.75, 3.05) is 5.32 Å². The Bertz CT molecular complexity index is 692. The molecule has 0 aliphatic carbocycles. The third kappa shape index (κ3) is 4.71. The molecular weight excluding hydrogens is 310 g/mol. The average molecular weight is 331 g/mol. The predicted molar refractivity (Wildman–Crippen MR) is 92.7 cm³/mol. The van der Waals surface area contributed by atoms with Gasteiger partial charge in [-0.2, -0.15) is 0 Å². The molecule has 0 bridgehead atoms. The topological polar surface area (TPSA) is 85.1 Å². The van der Waals surface area contributed by atoms with Crippen LogP contribution >= 0.6 is 11.3 Å². The van der Waals surface area contributed by atoms with Crippen molar-refractivity contribution in [2.24, 2.45) is 11.7 Å². The molecule has 0 aliphatic rings. The number of benzene rings is 1. The summed E-state index contributed by atoms with van der Waals surface area (Å²) < 4.78 is 0. The van der Waals surface area contributed by atoms with E-state index >= 15 is 0 Å². The Kier molecular flexibility index (Phi) is 5.63. The Morgan fingerprint density at radius 3 is 2.48 bits per heavy atom. The highest BCUT2D eigenvalue weighted by Crippen LogP contribution is 2.22. The second kappa shape index (κ2) is 7.48. The number of Topliss-reactive ketones (excluding diaryl/α,β-unsaturated/α-hetero) is 1. The molecule has 2 aromatic rings. The van der Waals surface area contributed by atoms with Crippen LogP contribution in [0.2, 0.25) is 0 Å². The lowest BCUT2D eigenvalue weighted by atomic mass is 10.1. The van der Waals surface area contributed by atoms with E-state index in [1.54, 1.807) is 24.3 Å². The van der Waals surface area contributed by atoms with E-state index in [0.29, 0.717) is 17.2 Å². The molecule has 0 aliphatic heterocycles. The van der Waals surface area contributed by atoms with Crippen LogP contribution in [-0.2, 0) is 11.2 Å². The van der Waals surface area contributed by atoms with Gasteiger partial charge in [0.2, 0.25) is 5.91 Å². The number of anilines is 1. The van der Waals surface area contributed by atoms with Crippen LogP contribution in [0.4, 0.5) is 5.69 Å². The summed E-state index contributed by atoms with van der Waals surface area (Å²) in [5.41, 5.74) is 8.07. The van der Waals surface area contributed by atoms with E-state index in [0.717, 1.165) is 10.7 Å². The van der Waals surface area contributed by atoms with Crippen molar-refractivity contribution in [1.82, 2.24) is 4.98 Å². The number of aromatic nitrogens is 1. The Balaban J connectivity index is 1.95. The monoisotopic (exact) mass is 331 g/mol. The number of nitrogens with zero attached hydrogens (tertiary/aromatic N) is 1. The highest BCUT2D eigenvalue weighted by Gasteiger charge is 2.15. The van der Waals surface area contributed by atoms with Crippen LogP contribution in [0.15, 0.2) is 29.6 Å². The van der Waals surface area contributed by atoms with E-state index in [2.05, 4.69) is 10.3 Å². The zero-order valence-corrected chi connectivity index (χ0v) is 14.3. The summed E-state index contributed by atoms with van der Waals surface area (Å²) in [6.07, 6.45) is 0.204. The molecule has 1 atom stereocenters. The first-order chi connectivity index (χ1) is 10.9. The molecule has 0 saturated carbocycles. The van der Waals surface area contributed by atoms with Crippen molar-refractivity contribution >= 4 is 28.7 Å². The van der Waals surface area contributed by atoms with Crippen LogP contribution in [0.5, 0.6) is 0 Å². The number of rotatable bonds is 6. The molecule has 1 aromatic heterocycles. The van der Waals surface area contributed by atoms with Gasteiger partial charge in [0.05, 0.1) is 18.2 Å². The normalized spacial score (nSPS) is 12.2. The van der Waals surface area contributed by atoms with Crippen molar-refractivity contribution in [3.05, 3.63) is 45.9 Å². The number of nitrogens with one attached hydrogen (secondary N) is 1. The first-order valence-corrected chi connectivity index (χ1v) is 8.35.